The summed E-state index contributed by atoms with van der Waals surface area (Å²) in [6.45, 7) is 1.27. The van der Waals surface area contributed by atoms with Gasteiger partial charge in [0.1, 0.15) is 6.29 Å². The molecule has 0 aliphatic rings. The maximum absolute atomic E-state index is 10.0. The van der Waals surface area contributed by atoms with Crippen LogP contribution in [0.5, 0.6) is 0 Å². The molecule has 0 aromatic heterocycles. The predicted octanol–water partition coefficient (Wildman–Crippen LogP) is 1.78. The molecule has 0 heterocycles. The van der Waals surface area contributed by atoms with Crippen LogP contribution in [0.3, 0.4) is 0 Å². The molecular formula is C10H12BrNO. The number of halogens is 1. The SMILES string of the molecule is O=CCNCCc1ccccc1Br. The van der Waals surface area contributed by atoms with E-state index in [-0.39, 0.29) is 0 Å². The summed E-state index contributed by atoms with van der Waals surface area (Å²) in [5.74, 6) is 0. The van der Waals surface area contributed by atoms with Crippen LogP contribution in [0, 0.1) is 0 Å². The molecule has 70 valence electrons. The Labute approximate surface area is 86.5 Å². The normalized spacial score (nSPS) is 9.92. The molecule has 0 aliphatic heterocycles. The lowest BCUT2D eigenvalue weighted by Gasteiger charge is -2.03. The van der Waals surface area contributed by atoms with Crippen LogP contribution in [0.2, 0.25) is 0 Å². The minimum atomic E-state index is 0.435. The van der Waals surface area contributed by atoms with Gasteiger partial charge in [0, 0.05) is 4.47 Å². The van der Waals surface area contributed by atoms with Gasteiger partial charge in [-0.15, -0.1) is 0 Å². The summed E-state index contributed by atoms with van der Waals surface area (Å²) in [6.07, 6.45) is 1.81. The molecule has 0 fully saturated rings. The van der Waals surface area contributed by atoms with Crippen molar-refractivity contribution in [3.63, 3.8) is 0 Å². The number of hydrogen-bond donors (Lipinski definition) is 1. The second kappa shape index (κ2) is 5.89. The second-order valence-electron chi connectivity index (χ2n) is 2.71. The molecule has 0 unspecified atom stereocenters. The average Bonchev–Trinajstić information content (AvgIpc) is 2.15. The van der Waals surface area contributed by atoms with E-state index in [2.05, 4.69) is 27.3 Å². The van der Waals surface area contributed by atoms with Crippen molar-refractivity contribution < 1.29 is 4.79 Å². The first kappa shape index (κ1) is 10.4. The number of aldehydes is 1. The van der Waals surface area contributed by atoms with Crippen LogP contribution in [0.15, 0.2) is 28.7 Å². The van der Waals surface area contributed by atoms with E-state index >= 15 is 0 Å². The Morgan fingerprint density at radius 2 is 2.15 bits per heavy atom. The summed E-state index contributed by atoms with van der Waals surface area (Å²) in [6, 6.07) is 8.11. The van der Waals surface area contributed by atoms with Crippen LogP contribution in [-0.4, -0.2) is 19.4 Å². The first-order chi connectivity index (χ1) is 6.34. The summed E-state index contributed by atoms with van der Waals surface area (Å²) in [4.78, 5) is 10.0. The van der Waals surface area contributed by atoms with E-state index < -0.39 is 0 Å². The molecule has 0 radical (unpaired) electrons. The van der Waals surface area contributed by atoms with Crippen molar-refractivity contribution in [3.8, 4) is 0 Å². The van der Waals surface area contributed by atoms with Gasteiger partial charge in [0.15, 0.2) is 0 Å². The molecule has 0 spiro atoms. The van der Waals surface area contributed by atoms with E-state index in [1.165, 1.54) is 5.56 Å². The molecule has 1 aromatic carbocycles. The van der Waals surface area contributed by atoms with Gasteiger partial charge in [-0.2, -0.15) is 0 Å². The third kappa shape index (κ3) is 3.70. The average molecular weight is 242 g/mol. The third-order valence-electron chi connectivity index (χ3n) is 1.76. The van der Waals surface area contributed by atoms with Crippen LogP contribution < -0.4 is 5.32 Å². The smallest absolute Gasteiger partial charge is 0.133 e. The van der Waals surface area contributed by atoms with E-state index in [4.69, 9.17) is 0 Å². The van der Waals surface area contributed by atoms with Crippen molar-refractivity contribution in [2.24, 2.45) is 0 Å². The molecule has 1 N–H and O–H groups in total. The van der Waals surface area contributed by atoms with E-state index in [0.29, 0.717) is 6.54 Å². The first-order valence-electron chi connectivity index (χ1n) is 4.22. The molecule has 1 aromatic rings. The van der Waals surface area contributed by atoms with Gasteiger partial charge >= 0.3 is 0 Å². The largest absolute Gasteiger partial charge is 0.310 e. The number of benzene rings is 1. The Kier molecular flexibility index (Phi) is 4.72. The van der Waals surface area contributed by atoms with Crippen LogP contribution in [0.25, 0.3) is 0 Å². The van der Waals surface area contributed by atoms with E-state index in [9.17, 15) is 4.79 Å². The Bertz CT molecular complexity index is 275. The van der Waals surface area contributed by atoms with Gasteiger partial charge in [0.25, 0.3) is 0 Å². The molecule has 13 heavy (non-hydrogen) atoms. The van der Waals surface area contributed by atoms with Gasteiger partial charge in [-0.25, -0.2) is 0 Å². The molecule has 0 bridgehead atoms. The van der Waals surface area contributed by atoms with Crippen LogP contribution in [-0.2, 0) is 11.2 Å². The maximum atomic E-state index is 10.0. The number of hydrogen-bond acceptors (Lipinski definition) is 2. The number of rotatable bonds is 5. The lowest BCUT2D eigenvalue weighted by Crippen LogP contribution is -2.19. The second-order valence-corrected chi connectivity index (χ2v) is 3.57. The van der Waals surface area contributed by atoms with Crippen molar-refractivity contribution >= 4 is 22.2 Å². The highest BCUT2D eigenvalue weighted by atomic mass is 79.9. The molecule has 0 atom stereocenters. The maximum Gasteiger partial charge on any atom is 0.133 e. The number of nitrogens with one attached hydrogen (secondary N) is 1. The summed E-state index contributed by atoms with van der Waals surface area (Å²) < 4.78 is 1.13. The zero-order chi connectivity index (χ0) is 9.52. The van der Waals surface area contributed by atoms with Gasteiger partial charge in [-0.3, -0.25) is 0 Å². The van der Waals surface area contributed by atoms with E-state index in [0.717, 1.165) is 23.7 Å². The van der Waals surface area contributed by atoms with E-state index in [1.54, 1.807) is 0 Å². The fourth-order valence-electron chi connectivity index (χ4n) is 1.09. The highest BCUT2D eigenvalue weighted by molar-refractivity contribution is 9.10. The van der Waals surface area contributed by atoms with Gasteiger partial charge in [-0.05, 0) is 24.6 Å². The Hall–Kier alpha value is -0.670. The van der Waals surface area contributed by atoms with Crippen LogP contribution >= 0.6 is 15.9 Å². The van der Waals surface area contributed by atoms with Gasteiger partial charge in [0.2, 0.25) is 0 Å². The van der Waals surface area contributed by atoms with Crippen LogP contribution in [0.1, 0.15) is 5.56 Å². The lowest BCUT2D eigenvalue weighted by molar-refractivity contribution is -0.107. The van der Waals surface area contributed by atoms with Gasteiger partial charge < -0.3 is 10.1 Å². The van der Waals surface area contributed by atoms with Gasteiger partial charge in [0.05, 0.1) is 6.54 Å². The number of carbonyl (C=O) groups excluding carboxylic acids is 1. The standard InChI is InChI=1S/C10H12BrNO/c11-10-4-2-1-3-9(10)5-6-12-7-8-13/h1-4,8,12H,5-7H2. The minimum Gasteiger partial charge on any atom is -0.310 e. The summed E-state index contributed by atoms with van der Waals surface area (Å²) in [7, 11) is 0. The fraction of sp³-hybridized carbons (Fsp3) is 0.300. The predicted molar refractivity (Wildman–Crippen MR) is 56.8 cm³/mol. The molecule has 0 saturated heterocycles. The Morgan fingerprint density at radius 3 is 2.85 bits per heavy atom. The monoisotopic (exact) mass is 241 g/mol. The van der Waals surface area contributed by atoms with Crippen molar-refractivity contribution in [2.75, 3.05) is 13.1 Å². The molecule has 0 saturated carbocycles. The first-order valence-corrected chi connectivity index (χ1v) is 5.01. The van der Waals surface area contributed by atoms with Crippen molar-refractivity contribution in [1.29, 1.82) is 0 Å². The quantitative estimate of drug-likeness (QED) is 0.629. The highest BCUT2D eigenvalue weighted by Crippen LogP contribution is 2.15. The zero-order valence-electron chi connectivity index (χ0n) is 7.29. The fourth-order valence-corrected chi connectivity index (χ4v) is 1.57. The molecule has 3 heteroatoms. The topological polar surface area (TPSA) is 29.1 Å². The van der Waals surface area contributed by atoms with Crippen molar-refractivity contribution in [3.05, 3.63) is 34.3 Å². The Morgan fingerprint density at radius 1 is 1.38 bits per heavy atom. The van der Waals surface area contributed by atoms with Gasteiger partial charge in [-0.1, -0.05) is 34.1 Å². The number of carbonyl (C=O) groups is 1. The highest BCUT2D eigenvalue weighted by Gasteiger charge is 1.96. The molecule has 2 nitrogen and oxygen atoms in total. The molecule has 0 amide bonds. The summed E-state index contributed by atoms with van der Waals surface area (Å²) in [5.41, 5.74) is 1.26. The summed E-state index contributed by atoms with van der Waals surface area (Å²) in [5, 5.41) is 3.02. The molecular weight excluding hydrogens is 230 g/mol. The van der Waals surface area contributed by atoms with E-state index in [1.807, 2.05) is 18.2 Å². The lowest BCUT2D eigenvalue weighted by atomic mass is 10.1. The third-order valence-corrected chi connectivity index (χ3v) is 2.53. The van der Waals surface area contributed by atoms with Crippen molar-refractivity contribution in [2.45, 2.75) is 6.42 Å². The minimum absolute atomic E-state index is 0.435. The zero-order valence-corrected chi connectivity index (χ0v) is 8.88. The molecule has 1 rings (SSSR count). The summed E-state index contributed by atoms with van der Waals surface area (Å²) >= 11 is 3.47. The molecule has 0 aliphatic carbocycles. The van der Waals surface area contributed by atoms with Crippen molar-refractivity contribution in [1.82, 2.24) is 5.32 Å². The Balaban J connectivity index is 2.36. The van der Waals surface area contributed by atoms with Crippen LogP contribution in [0.4, 0.5) is 0 Å².